The Morgan fingerprint density at radius 3 is 2.62 bits per heavy atom. The van der Waals surface area contributed by atoms with Crippen molar-refractivity contribution in [2.24, 2.45) is 10.7 Å². The number of morpholine rings is 1. The second-order valence-electron chi connectivity index (χ2n) is 7.58. The molecule has 2 heterocycles. The fraction of sp³-hybridized carbons (Fsp3) is 0.526. The van der Waals surface area contributed by atoms with E-state index in [1.165, 1.54) is 12.1 Å². The maximum Gasteiger partial charge on any atom is 0.421 e. The molecule has 1 atom stereocenters. The lowest BCUT2D eigenvalue weighted by Crippen LogP contribution is -2.53. The zero-order valence-corrected chi connectivity index (χ0v) is 15.7. The second-order valence-corrected chi connectivity index (χ2v) is 7.58. The van der Waals surface area contributed by atoms with Gasteiger partial charge in [-0.25, -0.2) is 9.38 Å². The fourth-order valence-corrected chi connectivity index (χ4v) is 3.39. The summed E-state index contributed by atoms with van der Waals surface area (Å²) >= 11 is 0. The quantitative estimate of drug-likeness (QED) is 0.658. The zero-order valence-electron chi connectivity index (χ0n) is 15.7. The van der Waals surface area contributed by atoms with E-state index in [9.17, 15) is 17.6 Å². The number of nitrogens with zero attached hydrogens (tertiary/aromatic N) is 2. The lowest BCUT2D eigenvalue weighted by atomic mass is 10.0. The minimum atomic E-state index is -4.58. The highest BCUT2D eigenvalue weighted by Gasteiger charge is 2.43. The van der Waals surface area contributed by atoms with Gasteiger partial charge in [0.15, 0.2) is 0 Å². The number of hydrogen-bond donors (Lipinski definition) is 3. The topological polar surface area (TPSA) is 74.9 Å². The number of ether oxygens (including phenoxy) is 1. The summed E-state index contributed by atoms with van der Waals surface area (Å²) in [6.45, 7) is 3.16. The highest BCUT2D eigenvalue weighted by atomic mass is 19.4. The van der Waals surface area contributed by atoms with Gasteiger partial charge in [-0.3, -0.25) is 10.6 Å². The Bertz CT molecular complexity index is 830. The Hall–Kier alpha value is -2.17. The summed E-state index contributed by atoms with van der Waals surface area (Å²) in [6.07, 6.45) is -2.22. The molecule has 2 aliphatic heterocycles. The molecule has 0 aromatic heterocycles. The van der Waals surface area contributed by atoms with Gasteiger partial charge in [-0.05, 0) is 36.6 Å². The van der Waals surface area contributed by atoms with Gasteiger partial charge in [-0.15, -0.1) is 0 Å². The Morgan fingerprint density at radius 2 is 1.97 bits per heavy atom. The fourth-order valence-electron chi connectivity index (χ4n) is 3.39. The van der Waals surface area contributed by atoms with Gasteiger partial charge in [-0.2, -0.15) is 13.2 Å². The lowest BCUT2D eigenvalue weighted by Gasteiger charge is -2.33. The molecule has 0 bridgehead atoms. The number of nitrogens with one attached hydrogen (secondary N) is 2. The number of benzene rings is 1. The van der Waals surface area contributed by atoms with Crippen LogP contribution in [0.25, 0.3) is 0 Å². The van der Waals surface area contributed by atoms with E-state index in [0.717, 1.165) is 32.1 Å². The van der Waals surface area contributed by atoms with Crippen molar-refractivity contribution in [3.05, 3.63) is 46.9 Å². The SMILES string of the molecule is NC1(c2cc(F)cc(CN3CCOCC3)c2)N=C(NC2CC2)C(C(F)(F)F)=CN1. The first kappa shape index (κ1) is 20.1. The molecule has 1 aromatic carbocycles. The monoisotopic (exact) mass is 413 g/mol. The molecule has 1 saturated carbocycles. The number of halogens is 4. The number of hydrogen-bond acceptors (Lipinski definition) is 6. The standard InChI is InChI=1S/C19H23F4N5O/c20-14-8-12(11-28-3-5-29-6-4-28)7-13(9-14)19(24)25-10-16(18(21,22)23)17(27-19)26-15-1-2-15/h7-10,15,25H,1-6,11,24H2,(H,26,27). The number of rotatable bonds is 4. The lowest BCUT2D eigenvalue weighted by molar-refractivity contribution is -0.0872. The molecule has 1 aliphatic carbocycles. The summed E-state index contributed by atoms with van der Waals surface area (Å²) < 4.78 is 59.7. The summed E-state index contributed by atoms with van der Waals surface area (Å²) in [7, 11) is 0. The summed E-state index contributed by atoms with van der Waals surface area (Å²) in [4.78, 5) is 6.24. The van der Waals surface area contributed by atoms with Crippen molar-refractivity contribution >= 4 is 5.84 Å². The number of alkyl halides is 3. The van der Waals surface area contributed by atoms with Crippen LogP contribution in [0.5, 0.6) is 0 Å². The molecule has 3 aliphatic rings. The summed E-state index contributed by atoms with van der Waals surface area (Å²) in [5, 5.41) is 5.31. The van der Waals surface area contributed by atoms with Gasteiger partial charge in [0.05, 0.1) is 13.2 Å². The van der Waals surface area contributed by atoms with Crippen molar-refractivity contribution < 1.29 is 22.3 Å². The van der Waals surface area contributed by atoms with E-state index < -0.39 is 23.4 Å². The maximum atomic E-state index is 14.3. The van der Waals surface area contributed by atoms with Gasteiger partial charge >= 0.3 is 6.18 Å². The van der Waals surface area contributed by atoms with Crippen molar-refractivity contribution in [2.75, 3.05) is 26.3 Å². The van der Waals surface area contributed by atoms with Crippen LogP contribution in [0.15, 0.2) is 35.0 Å². The molecule has 1 unspecified atom stereocenters. The van der Waals surface area contributed by atoms with Crippen LogP contribution in [0.4, 0.5) is 17.6 Å². The zero-order chi connectivity index (χ0) is 20.6. The van der Waals surface area contributed by atoms with Crippen molar-refractivity contribution in [3.8, 4) is 0 Å². The van der Waals surface area contributed by atoms with Gasteiger partial charge in [0.2, 0.25) is 5.79 Å². The predicted molar refractivity (Wildman–Crippen MR) is 99.2 cm³/mol. The molecule has 2 fully saturated rings. The number of nitrogens with two attached hydrogens (primary N) is 1. The van der Waals surface area contributed by atoms with Crippen LogP contribution >= 0.6 is 0 Å². The van der Waals surface area contributed by atoms with E-state index in [2.05, 4.69) is 20.5 Å². The third-order valence-electron chi connectivity index (χ3n) is 5.11. The first-order valence-electron chi connectivity index (χ1n) is 9.54. The molecule has 0 radical (unpaired) electrons. The average Bonchev–Trinajstić information content (AvgIpc) is 3.45. The Morgan fingerprint density at radius 1 is 1.24 bits per heavy atom. The molecule has 0 amide bonds. The molecule has 10 heteroatoms. The molecular formula is C19H23F4N5O. The first-order chi connectivity index (χ1) is 13.7. The van der Waals surface area contributed by atoms with Crippen LogP contribution < -0.4 is 16.4 Å². The van der Waals surface area contributed by atoms with E-state index in [1.54, 1.807) is 6.07 Å². The molecule has 158 valence electrons. The van der Waals surface area contributed by atoms with Crippen molar-refractivity contribution in [1.82, 2.24) is 15.5 Å². The normalized spacial score (nSPS) is 25.8. The third kappa shape index (κ3) is 4.71. The third-order valence-corrected chi connectivity index (χ3v) is 5.11. The second kappa shape index (κ2) is 7.58. The Balaban J connectivity index is 1.62. The predicted octanol–water partition coefficient (Wildman–Crippen LogP) is 1.93. The van der Waals surface area contributed by atoms with Crippen LogP contribution in [0.1, 0.15) is 24.0 Å². The van der Waals surface area contributed by atoms with E-state index >= 15 is 0 Å². The molecule has 1 saturated heterocycles. The number of amidine groups is 1. The first-order valence-corrected chi connectivity index (χ1v) is 9.54. The minimum Gasteiger partial charge on any atom is -0.379 e. The molecule has 29 heavy (non-hydrogen) atoms. The Kier molecular flexibility index (Phi) is 5.26. The van der Waals surface area contributed by atoms with Gasteiger partial charge in [-0.1, -0.05) is 0 Å². The summed E-state index contributed by atoms with van der Waals surface area (Å²) in [6, 6.07) is 4.22. The number of aliphatic imine (C=N–C) groups is 1. The average molecular weight is 413 g/mol. The highest BCUT2D eigenvalue weighted by molar-refractivity contribution is 6.00. The van der Waals surface area contributed by atoms with Gasteiger partial charge in [0.25, 0.3) is 0 Å². The molecule has 6 nitrogen and oxygen atoms in total. The van der Waals surface area contributed by atoms with Crippen LogP contribution in [-0.4, -0.2) is 49.3 Å². The minimum absolute atomic E-state index is 0.0498. The van der Waals surface area contributed by atoms with Crippen LogP contribution in [0, 0.1) is 5.82 Å². The Labute approximate surface area is 165 Å². The van der Waals surface area contributed by atoms with E-state index in [0.29, 0.717) is 25.3 Å². The van der Waals surface area contributed by atoms with E-state index in [-0.39, 0.29) is 17.4 Å². The largest absolute Gasteiger partial charge is 0.421 e. The van der Waals surface area contributed by atoms with Crippen molar-refractivity contribution in [3.63, 3.8) is 0 Å². The van der Waals surface area contributed by atoms with Crippen molar-refractivity contribution in [1.29, 1.82) is 0 Å². The van der Waals surface area contributed by atoms with Crippen LogP contribution in [0.2, 0.25) is 0 Å². The molecule has 1 aromatic rings. The van der Waals surface area contributed by atoms with Crippen LogP contribution in [0.3, 0.4) is 0 Å². The smallest absolute Gasteiger partial charge is 0.379 e. The van der Waals surface area contributed by atoms with E-state index in [4.69, 9.17) is 10.5 Å². The van der Waals surface area contributed by atoms with Gasteiger partial charge in [0, 0.05) is 37.4 Å². The highest BCUT2D eigenvalue weighted by Crippen LogP contribution is 2.33. The maximum absolute atomic E-state index is 14.3. The molecule has 4 N–H and O–H groups in total. The molecule has 4 rings (SSSR count). The molecular weight excluding hydrogens is 390 g/mol. The van der Waals surface area contributed by atoms with Crippen molar-refractivity contribution in [2.45, 2.75) is 37.4 Å². The van der Waals surface area contributed by atoms with E-state index in [1.807, 2.05) is 0 Å². The van der Waals surface area contributed by atoms with Crippen LogP contribution in [-0.2, 0) is 17.1 Å². The molecule has 0 spiro atoms. The van der Waals surface area contributed by atoms with Gasteiger partial charge in [0.1, 0.15) is 17.2 Å². The summed E-state index contributed by atoms with van der Waals surface area (Å²) in [5.41, 5.74) is 6.30. The van der Waals surface area contributed by atoms with Gasteiger partial charge < -0.3 is 15.4 Å². The summed E-state index contributed by atoms with van der Waals surface area (Å²) in [5.74, 6) is -2.54.